The van der Waals surface area contributed by atoms with E-state index in [9.17, 15) is 4.79 Å². The fourth-order valence-corrected chi connectivity index (χ4v) is 4.12. The topological polar surface area (TPSA) is 51.9 Å². The van der Waals surface area contributed by atoms with Gasteiger partial charge in [0.25, 0.3) is 5.91 Å². The first kappa shape index (κ1) is 16.2. The van der Waals surface area contributed by atoms with Gasteiger partial charge in [-0.05, 0) is 51.0 Å². The molecular formula is C19H27NO4. The van der Waals surface area contributed by atoms with Crippen LogP contribution in [-0.2, 0) is 9.47 Å². The molecular weight excluding hydrogens is 306 g/mol. The Morgan fingerprint density at radius 2 is 2.29 bits per heavy atom. The van der Waals surface area contributed by atoms with Crippen molar-refractivity contribution < 1.29 is 18.7 Å². The van der Waals surface area contributed by atoms with Crippen LogP contribution in [-0.4, -0.2) is 49.8 Å². The van der Waals surface area contributed by atoms with Crippen molar-refractivity contribution in [2.45, 2.75) is 45.1 Å². The van der Waals surface area contributed by atoms with Crippen molar-refractivity contribution in [1.82, 2.24) is 4.90 Å². The minimum Gasteiger partial charge on any atom is -0.459 e. The number of nitrogens with zero attached hydrogens (tertiary/aromatic N) is 1. The second kappa shape index (κ2) is 6.52. The number of fused-ring (bicyclic) bond motifs is 1. The zero-order valence-corrected chi connectivity index (χ0v) is 14.5. The predicted molar refractivity (Wildman–Crippen MR) is 88.9 cm³/mol. The smallest absolute Gasteiger partial charge is 0.289 e. The Kier molecular flexibility index (Phi) is 4.39. The Balaban J connectivity index is 1.47. The lowest BCUT2D eigenvalue weighted by molar-refractivity contribution is -0.147. The number of carbonyl (C=O) groups excluding carboxylic acids is 1. The normalized spacial score (nSPS) is 30.2. The molecule has 1 amide bonds. The Morgan fingerprint density at radius 1 is 1.42 bits per heavy atom. The van der Waals surface area contributed by atoms with Crippen LogP contribution < -0.4 is 0 Å². The molecule has 0 N–H and O–H groups in total. The fraction of sp³-hybridized carbons (Fsp3) is 0.737. The molecule has 0 spiro atoms. The Labute approximate surface area is 143 Å². The summed E-state index contributed by atoms with van der Waals surface area (Å²) in [6, 6.07) is 1.85. The minimum absolute atomic E-state index is 0.00286. The number of aryl methyl sites for hydroxylation is 1. The van der Waals surface area contributed by atoms with E-state index in [1.165, 1.54) is 12.8 Å². The molecule has 5 heteroatoms. The summed E-state index contributed by atoms with van der Waals surface area (Å²) in [5.74, 6) is 1.23. The van der Waals surface area contributed by atoms with Crippen molar-refractivity contribution in [3.63, 3.8) is 0 Å². The summed E-state index contributed by atoms with van der Waals surface area (Å²) >= 11 is 0. The third-order valence-corrected chi connectivity index (χ3v) is 5.77. The highest BCUT2D eigenvalue weighted by Crippen LogP contribution is 2.41. The van der Waals surface area contributed by atoms with Gasteiger partial charge in [-0.15, -0.1) is 0 Å². The summed E-state index contributed by atoms with van der Waals surface area (Å²) in [6.45, 7) is 5.76. The van der Waals surface area contributed by atoms with Gasteiger partial charge in [0.2, 0.25) is 0 Å². The van der Waals surface area contributed by atoms with Crippen molar-refractivity contribution in [3.8, 4) is 0 Å². The molecule has 4 rings (SSSR count). The van der Waals surface area contributed by atoms with E-state index in [1.807, 2.05) is 17.9 Å². The molecule has 3 fully saturated rings. The van der Waals surface area contributed by atoms with E-state index in [1.54, 1.807) is 6.26 Å². The fourth-order valence-electron chi connectivity index (χ4n) is 4.12. The second-order valence-electron chi connectivity index (χ2n) is 7.73. The molecule has 0 bridgehead atoms. The van der Waals surface area contributed by atoms with E-state index in [0.29, 0.717) is 18.9 Å². The van der Waals surface area contributed by atoms with E-state index in [2.05, 4.69) is 0 Å². The van der Waals surface area contributed by atoms with Gasteiger partial charge < -0.3 is 18.8 Å². The molecule has 1 saturated carbocycles. The van der Waals surface area contributed by atoms with E-state index in [-0.39, 0.29) is 17.4 Å². The zero-order valence-electron chi connectivity index (χ0n) is 14.5. The highest BCUT2D eigenvalue weighted by atomic mass is 16.5. The number of hydrogen-bond donors (Lipinski definition) is 0. The summed E-state index contributed by atoms with van der Waals surface area (Å²) in [5.41, 5.74) is 0.850. The first-order valence-corrected chi connectivity index (χ1v) is 9.21. The molecule has 3 aliphatic rings. The largest absolute Gasteiger partial charge is 0.459 e. The van der Waals surface area contributed by atoms with Crippen molar-refractivity contribution in [2.24, 2.45) is 11.3 Å². The average molecular weight is 333 g/mol. The van der Waals surface area contributed by atoms with Gasteiger partial charge in [-0.2, -0.15) is 0 Å². The van der Waals surface area contributed by atoms with Gasteiger partial charge in [-0.25, -0.2) is 0 Å². The molecule has 5 nitrogen and oxygen atoms in total. The van der Waals surface area contributed by atoms with Crippen LogP contribution in [0.25, 0.3) is 0 Å². The molecule has 1 aromatic rings. The van der Waals surface area contributed by atoms with Gasteiger partial charge in [0.1, 0.15) is 0 Å². The van der Waals surface area contributed by atoms with Gasteiger partial charge in [-0.3, -0.25) is 4.79 Å². The lowest BCUT2D eigenvalue weighted by Gasteiger charge is -2.50. The van der Waals surface area contributed by atoms with Crippen LogP contribution in [0.15, 0.2) is 16.7 Å². The Bertz CT molecular complexity index is 594. The molecule has 24 heavy (non-hydrogen) atoms. The van der Waals surface area contributed by atoms with E-state index < -0.39 is 0 Å². The maximum atomic E-state index is 12.8. The van der Waals surface area contributed by atoms with Crippen molar-refractivity contribution in [3.05, 3.63) is 23.7 Å². The molecule has 0 radical (unpaired) electrons. The molecule has 2 atom stereocenters. The van der Waals surface area contributed by atoms with Gasteiger partial charge in [0, 0.05) is 37.3 Å². The standard InChI is InChI=1S/C19H27NO4/c1-14-6-10-24-17(14)18(21)20-8-5-16-19(12-20,7-2-9-23-16)13-22-11-15-3-4-15/h6,10,15-16H,2-5,7-9,11-13H2,1H3. The van der Waals surface area contributed by atoms with E-state index in [4.69, 9.17) is 13.9 Å². The van der Waals surface area contributed by atoms with Gasteiger partial charge >= 0.3 is 0 Å². The molecule has 132 valence electrons. The molecule has 0 aromatic carbocycles. The van der Waals surface area contributed by atoms with Crippen LogP contribution in [0, 0.1) is 18.3 Å². The third kappa shape index (κ3) is 3.11. The summed E-state index contributed by atoms with van der Waals surface area (Å²) < 4.78 is 17.5. The van der Waals surface area contributed by atoms with Crippen molar-refractivity contribution in [2.75, 3.05) is 32.9 Å². The molecule has 3 heterocycles. The first-order valence-electron chi connectivity index (χ1n) is 9.21. The van der Waals surface area contributed by atoms with Crippen molar-refractivity contribution in [1.29, 1.82) is 0 Å². The summed E-state index contributed by atoms with van der Waals surface area (Å²) in [6.07, 6.45) is 7.41. The molecule has 1 aliphatic carbocycles. The monoisotopic (exact) mass is 333 g/mol. The molecule has 2 unspecified atom stereocenters. The summed E-state index contributed by atoms with van der Waals surface area (Å²) in [7, 11) is 0. The number of ether oxygens (including phenoxy) is 2. The second-order valence-corrected chi connectivity index (χ2v) is 7.73. The number of furan rings is 1. The molecule has 2 aliphatic heterocycles. The van der Waals surface area contributed by atoms with Gasteiger partial charge in [0.05, 0.1) is 19.0 Å². The predicted octanol–water partition coefficient (Wildman–Crippen LogP) is 3.03. The van der Waals surface area contributed by atoms with Crippen LogP contribution in [0.5, 0.6) is 0 Å². The summed E-state index contributed by atoms with van der Waals surface area (Å²) in [5, 5.41) is 0. The average Bonchev–Trinajstić information content (AvgIpc) is 3.32. The number of piperidine rings is 1. The van der Waals surface area contributed by atoms with Gasteiger partial charge in [0.15, 0.2) is 5.76 Å². The third-order valence-electron chi connectivity index (χ3n) is 5.77. The van der Waals surface area contributed by atoms with Gasteiger partial charge in [-0.1, -0.05) is 0 Å². The maximum Gasteiger partial charge on any atom is 0.289 e. The Hall–Kier alpha value is -1.33. The zero-order chi connectivity index (χ0) is 16.6. The minimum atomic E-state index is -0.0540. The lowest BCUT2D eigenvalue weighted by Crippen LogP contribution is -2.58. The highest BCUT2D eigenvalue weighted by molar-refractivity contribution is 5.93. The van der Waals surface area contributed by atoms with Crippen molar-refractivity contribution >= 4 is 5.91 Å². The van der Waals surface area contributed by atoms with E-state index >= 15 is 0 Å². The molecule has 2 saturated heterocycles. The molecule has 1 aromatic heterocycles. The van der Waals surface area contributed by atoms with Crippen LogP contribution in [0.2, 0.25) is 0 Å². The number of amides is 1. The lowest BCUT2D eigenvalue weighted by atomic mass is 9.73. The number of carbonyl (C=O) groups is 1. The first-order chi connectivity index (χ1) is 11.7. The summed E-state index contributed by atoms with van der Waals surface area (Å²) in [4.78, 5) is 14.8. The number of hydrogen-bond acceptors (Lipinski definition) is 4. The highest BCUT2D eigenvalue weighted by Gasteiger charge is 2.47. The van der Waals surface area contributed by atoms with Crippen LogP contribution in [0.1, 0.15) is 48.2 Å². The maximum absolute atomic E-state index is 12.8. The SMILES string of the molecule is Cc1ccoc1C(=O)N1CCC2OCCCC2(COCC2CC2)C1. The number of likely N-dealkylation sites (tertiary alicyclic amines) is 1. The van der Waals surface area contributed by atoms with Crippen LogP contribution in [0.4, 0.5) is 0 Å². The van der Waals surface area contributed by atoms with Crippen LogP contribution in [0.3, 0.4) is 0 Å². The quantitative estimate of drug-likeness (QED) is 0.831. The van der Waals surface area contributed by atoms with Crippen LogP contribution >= 0.6 is 0 Å². The Morgan fingerprint density at radius 3 is 3.04 bits per heavy atom. The van der Waals surface area contributed by atoms with E-state index in [0.717, 1.165) is 50.5 Å². The number of rotatable bonds is 5.